The standard InChI is InChI=1S/C29H27FN2O2/c1-2-25-14-15-26(34-25)18-27-29(33)32-19-23(21-9-4-3-5-10-21)12-7-11-22(28(32)31-27)16-20-8-6-13-24(30)17-20/h3-6,8-10,13-15,17,19H,2,7,11-12,16,18H2,1H3/b23-19+,28-22+. The monoisotopic (exact) mass is 454 g/mol. The molecule has 0 saturated heterocycles. The Morgan fingerprint density at radius 1 is 0.971 bits per heavy atom. The van der Waals surface area contributed by atoms with Crippen molar-refractivity contribution >= 4 is 17.2 Å². The Balaban J connectivity index is 1.55. The number of amides is 1. The van der Waals surface area contributed by atoms with Gasteiger partial charge in [-0.05, 0) is 72.2 Å². The molecule has 0 N–H and O–H groups in total. The molecule has 4 nitrogen and oxygen atoms in total. The van der Waals surface area contributed by atoms with Crippen LogP contribution in [0.15, 0.2) is 93.7 Å². The lowest BCUT2D eigenvalue weighted by Gasteiger charge is -2.22. The molecule has 2 aromatic carbocycles. The van der Waals surface area contributed by atoms with Crippen LogP contribution in [0.3, 0.4) is 0 Å². The molecule has 3 aromatic rings. The average Bonchev–Trinajstić information content (AvgIpc) is 3.41. The quantitative estimate of drug-likeness (QED) is 0.428. The number of carbonyl (C=O) groups is 1. The van der Waals surface area contributed by atoms with Gasteiger partial charge in [-0.15, -0.1) is 0 Å². The van der Waals surface area contributed by atoms with Gasteiger partial charge in [0.05, 0.1) is 6.42 Å². The van der Waals surface area contributed by atoms with Gasteiger partial charge in [-0.25, -0.2) is 9.38 Å². The lowest BCUT2D eigenvalue weighted by atomic mass is 9.94. The third kappa shape index (κ3) is 4.65. The van der Waals surface area contributed by atoms with Crippen LogP contribution in [0, 0.1) is 5.82 Å². The van der Waals surface area contributed by atoms with Crippen LogP contribution in [0.5, 0.6) is 0 Å². The van der Waals surface area contributed by atoms with E-state index in [-0.39, 0.29) is 11.7 Å². The van der Waals surface area contributed by atoms with Gasteiger partial charge in [0.2, 0.25) is 0 Å². The number of allylic oxidation sites excluding steroid dienone is 2. The van der Waals surface area contributed by atoms with Crippen molar-refractivity contribution in [3.05, 3.63) is 113 Å². The highest BCUT2D eigenvalue weighted by atomic mass is 19.1. The number of halogens is 1. The zero-order valence-electron chi connectivity index (χ0n) is 19.3. The first-order valence-electron chi connectivity index (χ1n) is 11.8. The normalized spacial score (nSPS) is 19.8. The largest absolute Gasteiger partial charge is 0.466 e. The second-order valence-electron chi connectivity index (χ2n) is 8.74. The van der Waals surface area contributed by atoms with E-state index >= 15 is 0 Å². The van der Waals surface area contributed by atoms with E-state index < -0.39 is 0 Å². The number of rotatable bonds is 6. The molecule has 3 heterocycles. The van der Waals surface area contributed by atoms with Gasteiger partial charge in [0.25, 0.3) is 5.91 Å². The van der Waals surface area contributed by atoms with Crippen LogP contribution >= 0.6 is 0 Å². The number of hydrogen-bond acceptors (Lipinski definition) is 3. The zero-order valence-corrected chi connectivity index (χ0v) is 19.3. The van der Waals surface area contributed by atoms with Crippen LogP contribution in [0.2, 0.25) is 0 Å². The fourth-order valence-corrected chi connectivity index (χ4v) is 4.58. The van der Waals surface area contributed by atoms with Crippen LogP contribution in [0.1, 0.15) is 48.8 Å². The van der Waals surface area contributed by atoms with Gasteiger partial charge in [-0.3, -0.25) is 9.69 Å². The molecule has 1 aromatic heterocycles. The fourth-order valence-electron chi connectivity index (χ4n) is 4.58. The highest BCUT2D eigenvalue weighted by Crippen LogP contribution is 2.34. The Morgan fingerprint density at radius 3 is 2.56 bits per heavy atom. The summed E-state index contributed by atoms with van der Waals surface area (Å²) in [4.78, 5) is 20.0. The maximum atomic E-state index is 13.8. The van der Waals surface area contributed by atoms with Crippen molar-refractivity contribution < 1.29 is 13.6 Å². The Labute approximate surface area is 199 Å². The molecule has 0 bridgehead atoms. The number of hydrogen-bond donors (Lipinski definition) is 0. The first-order chi connectivity index (χ1) is 16.6. The number of benzene rings is 2. The van der Waals surface area contributed by atoms with Gasteiger partial charge in [-0.2, -0.15) is 0 Å². The summed E-state index contributed by atoms with van der Waals surface area (Å²) in [7, 11) is 0. The summed E-state index contributed by atoms with van der Waals surface area (Å²) in [5.74, 6) is 1.91. The number of fused-ring (bicyclic) bond motifs is 1. The van der Waals surface area contributed by atoms with E-state index in [1.807, 2.05) is 49.5 Å². The van der Waals surface area contributed by atoms with E-state index in [0.717, 1.165) is 59.5 Å². The molecule has 0 radical (unpaired) electrons. The lowest BCUT2D eigenvalue weighted by Crippen LogP contribution is -2.27. The minimum Gasteiger partial charge on any atom is -0.466 e. The fraction of sp³-hybridized carbons (Fsp3) is 0.241. The summed E-state index contributed by atoms with van der Waals surface area (Å²) in [6.45, 7) is 2.04. The summed E-state index contributed by atoms with van der Waals surface area (Å²) in [6, 6.07) is 20.7. The number of carbonyl (C=O) groups excluding carboxylic acids is 1. The second-order valence-corrected chi connectivity index (χ2v) is 8.74. The van der Waals surface area contributed by atoms with E-state index in [1.165, 1.54) is 6.07 Å². The van der Waals surface area contributed by atoms with Crippen LogP contribution in [0.25, 0.3) is 5.57 Å². The van der Waals surface area contributed by atoms with E-state index in [9.17, 15) is 9.18 Å². The molecule has 2 aliphatic heterocycles. The highest BCUT2D eigenvalue weighted by molar-refractivity contribution is 6.41. The van der Waals surface area contributed by atoms with Crippen LogP contribution in [0.4, 0.5) is 4.39 Å². The van der Waals surface area contributed by atoms with Crippen molar-refractivity contribution in [2.45, 2.75) is 45.4 Å². The number of aliphatic imine (C=N–C) groups is 1. The second kappa shape index (κ2) is 9.64. The minimum atomic E-state index is -0.256. The number of aryl methyl sites for hydroxylation is 1. The zero-order chi connectivity index (χ0) is 23.5. The topological polar surface area (TPSA) is 45.8 Å². The third-order valence-electron chi connectivity index (χ3n) is 6.32. The Morgan fingerprint density at radius 2 is 1.79 bits per heavy atom. The summed E-state index contributed by atoms with van der Waals surface area (Å²) < 4.78 is 19.7. The molecule has 5 heteroatoms. The van der Waals surface area contributed by atoms with E-state index in [2.05, 4.69) is 12.1 Å². The number of nitrogens with zero attached hydrogens (tertiary/aromatic N) is 2. The van der Waals surface area contributed by atoms with Gasteiger partial charge in [0.1, 0.15) is 28.9 Å². The van der Waals surface area contributed by atoms with Gasteiger partial charge >= 0.3 is 0 Å². The molecule has 0 fully saturated rings. The molecule has 0 atom stereocenters. The van der Waals surface area contributed by atoms with Crippen LogP contribution in [-0.2, 0) is 24.1 Å². The van der Waals surface area contributed by atoms with Crippen molar-refractivity contribution in [3.63, 3.8) is 0 Å². The molecule has 0 aliphatic carbocycles. The first kappa shape index (κ1) is 22.1. The molecular weight excluding hydrogens is 427 g/mol. The van der Waals surface area contributed by atoms with Crippen molar-refractivity contribution in [1.29, 1.82) is 0 Å². The Kier molecular flexibility index (Phi) is 6.26. The average molecular weight is 455 g/mol. The predicted octanol–water partition coefficient (Wildman–Crippen LogP) is 6.49. The highest BCUT2D eigenvalue weighted by Gasteiger charge is 2.33. The third-order valence-corrected chi connectivity index (χ3v) is 6.32. The predicted molar refractivity (Wildman–Crippen MR) is 131 cm³/mol. The summed E-state index contributed by atoms with van der Waals surface area (Å²) in [5.41, 5.74) is 4.61. The van der Waals surface area contributed by atoms with E-state index in [4.69, 9.17) is 9.41 Å². The summed E-state index contributed by atoms with van der Waals surface area (Å²) >= 11 is 0. The van der Waals surface area contributed by atoms with Gasteiger partial charge in [-0.1, -0.05) is 49.4 Å². The minimum absolute atomic E-state index is 0.128. The van der Waals surface area contributed by atoms with Crippen molar-refractivity contribution in [1.82, 2.24) is 4.90 Å². The first-order valence-corrected chi connectivity index (χ1v) is 11.8. The maximum absolute atomic E-state index is 13.8. The van der Waals surface area contributed by atoms with Gasteiger partial charge in [0, 0.05) is 12.6 Å². The SMILES string of the molecule is CCc1ccc(CC2=N/C3=C(\Cc4cccc(F)c4)CCC/C(c4ccccc4)=C\N3C2=O)o1. The molecular formula is C29H27FN2O2. The van der Waals surface area contributed by atoms with Crippen molar-refractivity contribution in [2.24, 2.45) is 4.99 Å². The molecule has 0 unspecified atom stereocenters. The Bertz CT molecular complexity index is 1300. The van der Waals surface area contributed by atoms with Crippen LogP contribution < -0.4 is 0 Å². The maximum Gasteiger partial charge on any atom is 0.278 e. The lowest BCUT2D eigenvalue weighted by molar-refractivity contribution is -0.119. The smallest absolute Gasteiger partial charge is 0.278 e. The van der Waals surface area contributed by atoms with Crippen LogP contribution in [-0.4, -0.2) is 16.5 Å². The molecule has 2 aliphatic rings. The van der Waals surface area contributed by atoms with E-state index in [1.54, 1.807) is 17.0 Å². The molecule has 172 valence electrons. The van der Waals surface area contributed by atoms with Gasteiger partial charge < -0.3 is 4.42 Å². The molecule has 1 amide bonds. The molecule has 34 heavy (non-hydrogen) atoms. The molecule has 0 spiro atoms. The van der Waals surface area contributed by atoms with Crippen molar-refractivity contribution in [2.75, 3.05) is 0 Å². The summed E-state index contributed by atoms with van der Waals surface area (Å²) in [6.07, 6.45) is 6.22. The van der Waals surface area contributed by atoms with E-state index in [0.29, 0.717) is 24.4 Å². The number of furan rings is 1. The van der Waals surface area contributed by atoms with Crippen molar-refractivity contribution in [3.8, 4) is 0 Å². The summed E-state index contributed by atoms with van der Waals surface area (Å²) in [5, 5.41) is 0. The Hall–Kier alpha value is -3.73. The molecule has 0 saturated carbocycles. The van der Waals surface area contributed by atoms with Gasteiger partial charge in [0.15, 0.2) is 0 Å². The molecule has 5 rings (SSSR count).